The molecule has 1 aliphatic rings. The number of hydrogen-bond donors (Lipinski definition) is 2. The summed E-state index contributed by atoms with van der Waals surface area (Å²) in [5, 5.41) is 6.48. The molecule has 24 heavy (non-hydrogen) atoms. The van der Waals surface area contributed by atoms with Crippen molar-refractivity contribution >= 4 is 5.91 Å². The normalized spacial score (nSPS) is 15.9. The van der Waals surface area contributed by atoms with Crippen molar-refractivity contribution < 1.29 is 4.79 Å². The van der Waals surface area contributed by atoms with Gasteiger partial charge in [0.05, 0.1) is 0 Å². The lowest BCUT2D eigenvalue weighted by atomic mass is 9.93. The van der Waals surface area contributed by atoms with Gasteiger partial charge in [-0.25, -0.2) is 0 Å². The second-order valence-electron chi connectivity index (χ2n) is 7.29. The first-order valence-corrected chi connectivity index (χ1v) is 9.30. The van der Waals surface area contributed by atoms with Crippen molar-refractivity contribution in [2.75, 3.05) is 20.1 Å². The van der Waals surface area contributed by atoms with Crippen LogP contribution in [0.25, 0.3) is 0 Å². The van der Waals surface area contributed by atoms with Crippen LogP contribution in [0.1, 0.15) is 50.7 Å². The van der Waals surface area contributed by atoms with E-state index in [2.05, 4.69) is 60.7 Å². The molecule has 1 heterocycles. The number of nitrogens with one attached hydrogen (secondary N) is 2. The average Bonchev–Trinajstić information content (AvgIpc) is 2.60. The van der Waals surface area contributed by atoms with Crippen LogP contribution in [0.3, 0.4) is 0 Å². The highest BCUT2D eigenvalue weighted by atomic mass is 16.1. The summed E-state index contributed by atoms with van der Waals surface area (Å²) < 4.78 is 0. The average molecular weight is 332 g/mol. The molecule has 4 nitrogen and oxygen atoms in total. The van der Waals surface area contributed by atoms with Crippen LogP contribution < -0.4 is 10.6 Å². The standard InChI is InChI=1S/C20H33N3O/c1-16(2)23(3)15-19-7-5-4-6-18(19)14-22-20(24)9-8-17-10-12-21-13-11-17/h4-7,16-17,21H,8-15H2,1-3H3,(H,22,24). The third-order valence-electron chi connectivity index (χ3n) is 5.13. The number of carbonyl (C=O) groups is 1. The highest BCUT2D eigenvalue weighted by Crippen LogP contribution is 2.18. The van der Waals surface area contributed by atoms with Gasteiger partial charge in [-0.2, -0.15) is 0 Å². The molecule has 0 radical (unpaired) electrons. The summed E-state index contributed by atoms with van der Waals surface area (Å²) in [7, 11) is 2.14. The number of benzene rings is 1. The number of amides is 1. The zero-order valence-electron chi connectivity index (χ0n) is 15.5. The molecule has 4 heteroatoms. The summed E-state index contributed by atoms with van der Waals surface area (Å²) in [6, 6.07) is 8.92. The third-order valence-corrected chi connectivity index (χ3v) is 5.13. The Morgan fingerprint density at radius 1 is 1.25 bits per heavy atom. The smallest absolute Gasteiger partial charge is 0.220 e. The Balaban J connectivity index is 1.79. The molecule has 1 aliphatic heterocycles. The molecular formula is C20H33N3O. The quantitative estimate of drug-likeness (QED) is 0.770. The Morgan fingerprint density at radius 3 is 2.58 bits per heavy atom. The maximum atomic E-state index is 12.2. The third kappa shape index (κ3) is 6.25. The molecule has 134 valence electrons. The van der Waals surface area contributed by atoms with Gasteiger partial charge in [0.1, 0.15) is 0 Å². The summed E-state index contributed by atoms with van der Waals surface area (Å²) in [5.41, 5.74) is 2.52. The van der Waals surface area contributed by atoms with Crippen LogP contribution in [0.4, 0.5) is 0 Å². The first kappa shape index (κ1) is 18.9. The van der Waals surface area contributed by atoms with Crippen LogP contribution in [0.5, 0.6) is 0 Å². The highest BCUT2D eigenvalue weighted by Gasteiger charge is 2.14. The van der Waals surface area contributed by atoms with Gasteiger partial charge in [0.15, 0.2) is 0 Å². The molecule has 0 saturated carbocycles. The van der Waals surface area contributed by atoms with E-state index in [1.807, 2.05) is 0 Å². The highest BCUT2D eigenvalue weighted by molar-refractivity contribution is 5.75. The lowest BCUT2D eigenvalue weighted by molar-refractivity contribution is -0.121. The summed E-state index contributed by atoms with van der Waals surface area (Å²) in [6.45, 7) is 8.15. The van der Waals surface area contributed by atoms with Crippen molar-refractivity contribution in [1.29, 1.82) is 0 Å². The first-order valence-electron chi connectivity index (χ1n) is 9.30. The number of piperidine rings is 1. The summed E-state index contributed by atoms with van der Waals surface area (Å²) >= 11 is 0. The van der Waals surface area contributed by atoms with Crippen LogP contribution in [-0.2, 0) is 17.9 Å². The fourth-order valence-corrected chi connectivity index (χ4v) is 3.12. The van der Waals surface area contributed by atoms with Gasteiger partial charge in [0.25, 0.3) is 0 Å². The fraction of sp³-hybridized carbons (Fsp3) is 0.650. The largest absolute Gasteiger partial charge is 0.352 e. The second kappa shape index (κ2) is 9.80. The Hall–Kier alpha value is -1.39. The van der Waals surface area contributed by atoms with Crippen molar-refractivity contribution in [3.05, 3.63) is 35.4 Å². The van der Waals surface area contributed by atoms with E-state index in [0.29, 0.717) is 24.9 Å². The zero-order chi connectivity index (χ0) is 17.4. The minimum absolute atomic E-state index is 0.181. The molecule has 0 unspecified atom stereocenters. The Kier molecular flexibility index (Phi) is 7.73. The van der Waals surface area contributed by atoms with E-state index in [4.69, 9.17) is 0 Å². The lowest BCUT2D eigenvalue weighted by Crippen LogP contribution is -2.30. The Bertz CT molecular complexity index is 509. The van der Waals surface area contributed by atoms with E-state index in [1.54, 1.807) is 0 Å². The van der Waals surface area contributed by atoms with Crippen LogP contribution in [0.2, 0.25) is 0 Å². The van der Waals surface area contributed by atoms with Gasteiger partial charge in [-0.1, -0.05) is 24.3 Å². The van der Waals surface area contributed by atoms with Gasteiger partial charge in [-0.15, -0.1) is 0 Å². The molecule has 1 fully saturated rings. The van der Waals surface area contributed by atoms with Gasteiger partial charge in [0, 0.05) is 25.6 Å². The molecule has 1 saturated heterocycles. The predicted octanol–water partition coefficient (Wildman–Crippen LogP) is 2.92. The van der Waals surface area contributed by atoms with Gasteiger partial charge >= 0.3 is 0 Å². The Morgan fingerprint density at radius 2 is 1.92 bits per heavy atom. The van der Waals surface area contributed by atoms with Crippen molar-refractivity contribution in [3.63, 3.8) is 0 Å². The molecular weight excluding hydrogens is 298 g/mol. The van der Waals surface area contributed by atoms with Crippen molar-refractivity contribution in [1.82, 2.24) is 15.5 Å². The van der Waals surface area contributed by atoms with Crippen molar-refractivity contribution in [2.45, 2.75) is 58.7 Å². The van der Waals surface area contributed by atoms with Crippen LogP contribution in [-0.4, -0.2) is 37.0 Å². The number of rotatable bonds is 8. The summed E-state index contributed by atoms with van der Waals surface area (Å²) in [6.07, 6.45) is 4.08. The van der Waals surface area contributed by atoms with Gasteiger partial charge in [0.2, 0.25) is 5.91 Å². The molecule has 2 N–H and O–H groups in total. The van der Waals surface area contributed by atoms with E-state index in [9.17, 15) is 4.79 Å². The maximum Gasteiger partial charge on any atom is 0.220 e. The first-order chi connectivity index (χ1) is 11.6. The van der Waals surface area contributed by atoms with Crippen LogP contribution in [0.15, 0.2) is 24.3 Å². The fourth-order valence-electron chi connectivity index (χ4n) is 3.12. The topological polar surface area (TPSA) is 44.4 Å². The second-order valence-corrected chi connectivity index (χ2v) is 7.29. The minimum atomic E-state index is 0.181. The van der Waals surface area contributed by atoms with E-state index in [1.165, 1.54) is 24.0 Å². The van der Waals surface area contributed by atoms with E-state index >= 15 is 0 Å². The minimum Gasteiger partial charge on any atom is -0.352 e. The zero-order valence-corrected chi connectivity index (χ0v) is 15.5. The number of carbonyl (C=O) groups excluding carboxylic acids is 1. The molecule has 2 rings (SSSR count). The van der Waals surface area contributed by atoms with E-state index in [0.717, 1.165) is 26.1 Å². The monoisotopic (exact) mass is 331 g/mol. The van der Waals surface area contributed by atoms with Crippen molar-refractivity contribution in [3.8, 4) is 0 Å². The molecule has 0 spiro atoms. The van der Waals surface area contributed by atoms with Gasteiger partial charge < -0.3 is 10.6 Å². The van der Waals surface area contributed by atoms with E-state index in [-0.39, 0.29) is 5.91 Å². The number of hydrogen-bond acceptors (Lipinski definition) is 3. The van der Waals surface area contributed by atoms with Gasteiger partial charge in [-0.05, 0) is 70.3 Å². The molecule has 1 aromatic carbocycles. The number of nitrogens with zero attached hydrogens (tertiary/aromatic N) is 1. The molecule has 0 bridgehead atoms. The molecule has 0 atom stereocenters. The summed E-state index contributed by atoms with van der Waals surface area (Å²) in [4.78, 5) is 14.5. The van der Waals surface area contributed by atoms with Crippen LogP contribution >= 0.6 is 0 Å². The summed E-state index contributed by atoms with van der Waals surface area (Å²) in [5.74, 6) is 0.893. The molecule has 1 aromatic rings. The lowest BCUT2D eigenvalue weighted by Gasteiger charge is -2.23. The maximum absolute atomic E-state index is 12.2. The van der Waals surface area contributed by atoms with Crippen LogP contribution in [0, 0.1) is 5.92 Å². The van der Waals surface area contributed by atoms with Crippen molar-refractivity contribution in [2.24, 2.45) is 5.92 Å². The molecule has 0 aromatic heterocycles. The Labute approximate surface area is 147 Å². The van der Waals surface area contributed by atoms with E-state index < -0.39 is 0 Å². The molecule has 0 aliphatic carbocycles. The predicted molar refractivity (Wildman–Crippen MR) is 99.7 cm³/mol. The SMILES string of the molecule is CC(C)N(C)Cc1ccccc1CNC(=O)CCC1CCNCC1. The van der Waals surface area contributed by atoms with Gasteiger partial charge in [-0.3, -0.25) is 9.69 Å². The molecule has 1 amide bonds.